The number of halogens is 4. The van der Waals surface area contributed by atoms with Crippen LogP contribution in [0.5, 0.6) is 5.75 Å². The molecule has 13 heteroatoms. The summed E-state index contributed by atoms with van der Waals surface area (Å²) in [5, 5.41) is 2.46. The number of imidazole rings is 1. The zero-order chi connectivity index (χ0) is 28.9. The smallest absolute Gasteiger partial charge is 0.418 e. The Hall–Kier alpha value is -3.87. The van der Waals surface area contributed by atoms with Crippen LogP contribution in [-0.4, -0.2) is 45.2 Å². The summed E-state index contributed by atoms with van der Waals surface area (Å²) in [6.07, 6.45) is -5.03. The minimum Gasteiger partial charge on any atom is -0.418 e. The van der Waals surface area contributed by atoms with E-state index in [0.29, 0.717) is 16.2 Å². The Morgan fingerprint density at radius 1 is 1.00 bits per heavy atom. The molecule has 0 saturated heterocycles. The average Bonchev–Trinajstić information content (AvgIpc) is 3.32. The van der Waals surface area contributed by atoms with E-state index in [1.165, 1.54) is 12.1 Å². The van der Waals surface area contributed by atoms with Gasteiger partial charge in [0.15, 0.2) is 5.16 Å². The molecular formula is C27H22ClF3N4O4S. The van der Waals surface area contributed by atoms with Crippen LogP contribution in [0.25, 0.3) is 11.0 Å². The van der Waals surface area contributed by atoms with Gasteiger partial charge in [-0.3, -0.25) is 9.59 Å². The second-order valence-electron chi connectivity index (χ2n) is 8.69. The van der Waals surface area contributed by atoms with Gasteiger partial charge in [-0.15, -0.1) is 0 Å². The zero-order valence-corrected chi connectivity index (χ0v) is 22.1. The number of aromatic nitrogens is 2. The zero-order valence-electron chi connectivity index (χ0n) is 20.6. The highest BCUT2D eigenvalue weighted by atomic mass is 35.5. The Morgan fingerprint density at radius 3 is 2.38 bits per heavy atom. The summed E-state index contributed by atoms with van der Waals surface area (Å²) in [6.45, 7) is 0. The summed E-state index contributed by atoms with van der Waals surface area (Å²) >= 11 is 6.83. The summed E-state index contributed by atoms with van der Waals surface area (Å²) in [5.41, 5.74) is 8.78. The van der Waals surface area contributed by atoms with Crippen LogP contribution in [0.1, 0.15) is 11.1 Å². The fourth-order valence-electron chi connectivity index (χ4n) is 3.72. The molecule has 3 aromatic carbocycles. The quantitative estimate of drug-likeness (QED) is 0.148. The number of aromatic amines is 1. The number of thioether (sulfide) groups is 1. The fourth-order valence-corrected chi connectivity index (χ4v) is 4.75. The van der Waals surface area contributed by atoms with Gasteiger partial charge in [0.2, 0.25) is 11.0 Å². The number of rotatable bonds is 9. The minimum atomic E-state index is -5.18. The molecule has 40 heavy (non-hydrogen) atoms. The van der Waals surface area contributed by atoms with Crippen molar-refractivity contribution in [3.05, 3.63) is 88.9 Å². The van der Waals surface area contributed by atoms with Crippen molar-refractivity contribution in [2.24, 2.45) is 5.73 Å². The molecule has 1 aromatic heterocycles. The molecule has 4 aromatic rings. The van der Waals surface area contributed by atoms with Crippen molar-refractivity contribution in [3.8, 4) is 5.75 Å². The molecule has 0 saturated carbocycles. The van der Waals surface area contributed by atoms with Crippen molar-refractivity contribution in [2.75, 3.05) is 0 Å². The van der Waals surface area contributed by atoms with E-state index in [1.54, 1.807) is 0 Å². The number of hydrogen-bond donors (Lipinski definition) is 3. The van der Waals surface area contributed by atoms with Crippen LogP contribution in [0.3, 0.4) is 0 Å². The van der Waals surface area contributed by atoms with Crippen molar-refractivity contribution in [1.29, 1.82) is 0 Å². The van der Waals surface area contributed by atoms with Crippen LogP contribution in [0.15, 0.2) is 78.0 Å². The first-order valence-corrected chi connectivity index (χ1v) is 13.0. The number of alkyl halides is 3. The summed E-state index contributed by atoms with van der Waals surface area (Å²) in [5.74, 6) is -3.52. The normalized spacial score (nSPS) is 13.0. The second-order valence-corrected chi connectivity index (χ2v) is 10.1. The van der Waals surface area contributed by atoms with Gasteiger partial charge >= 0.3 is 12.1 Å². The van der Waals surface area contributed by atoms with Crippen LogP contribution >= 0.6 is 23.4 Å². The number of hydrogen-bond acceptors (Lipinski definition) is 7. The SMILES string of the molecule is N[C@@H](Cc1ccc(OC(=O)C(F)(F)F)c(Cl)c1)C(=O)N[C@H](Cc1ccccc1)C(=O)Sc1nc2ccccc2[nH]1. The van der Waals surface area contributed by atoms with Gasteiger partial charge in [0.1, 0.15) is 11.8 Å². The van der Waals surface area contributed by atoms with Gasteiger partial charge < -0.3 is 20.8 Å². The lowest BCUT2D eigenvalue weighted by Crippen LogP contribution is -2.49. The number of ether oxygens (including phenoxy) is 1. The van der Waals surface area contributed by atoms with Gasteiger partial charge in [0, 0.05) is 6.42 Å². The summed E-state index contributed by atoms with van der Waals surface area (Å²) in [7, 11) is 0. The van der Waals surface area contributed by atoms with Gasteiger partial charge in [0.05, 0.1) is 22.1 Å². The predicted molar refractivity (Wildman–Crippen MR) is 144 cm³/mol. The van der Waals surface area contributed by atoms with Crippen LogP contribution in [0.2, 0.25) is 5.02 Å². The minimum absolute atomic E-state index is 0.0536. The molecule has 1 heterocycles. The Bertz CT molecular complexity index is 1500. The molecule has 0 bridgehead atoms. The van der Waals surface area contributed by atoms with Gasteiger partial charge in [-0.05, 0) is 53.6 Å². The first-order valence-electron chi connectivity index (χ1n) is 11.8. The molecule has 1 amide bonds. The number of nitrogens with one attached hydrogen (secondary N) is 2. The highest BCUT2D eigenvalue weighted by molar-refractivity contribution is 8.13. The topological polar surface area (TPSA) is 127 Å². The number of H-pyrrole nitrogens is 1. The van der Waals surface area contributed by atoms with E-state index >= 15 is 0 Å². The predicted octanol–water partition coefficient (Wildman–Crippen LogP) is 4.60. The molecule has 4 rings (SSSR count). The van der Waals surface area contributed by atoms with Crippen LogP contribution in [0, 0.1) is 0 Å². The average molecular weight is 591 g/mol. The maximum absolute atomic E-state index is 13.3. The van der Waals surface area contributed by atoms with Gasteiger partial charge in [-0.1, -0.05) is 60.1 Å². The standard InChI is InChI=1S/C27H22ClF3N4O4S/c28-17-12-16(10-11-22(17)39-25(38)27(29,30)31)13-18(32)23(36)33-21(14-15-6-2-1-3-7-15)24(37)40-26-34-19-8-4-5-9-20(19)35-26/h1-12,18,21H,13-14,32H2,(H,33,36)(H,34,35)/t18-,21+/m0/s1. The van der Waals surface area contributed by atoms with Crippen LogP contribution < -0.4 is 15.8 Å². The molecule has 0 radical (unpaired) electrons. The molecule has 8 nitrogen and oxygen atoms in total. The van der Waals surface area contributed by atoms with Gasteiger partial charge in [-0.25, -0.2) is 9.78 Å². The molecule has 0 unspecified atom stereocenters. The number of nitrogens with two attached hydrogens (primary N) is 1. The number of benzene rings is 3. The number of carbonyl (C=O) groups excluding carboxylic acids is 3. The van der Waals surface area contributed by atoms with Crippen molar-refractivity contribution >= 4 is 51.4 Å². The van der Waals surface area contributed by atoms with E-state index in [-0.39, 0.29) is 23.0 Å². The first-order chi connectivity index (χ1) is 19.0. The summed E-state index contributed by atoms with van der Waals surface area (Å²) in [6, 6.07) is 18.0. The number of para-hydroxylation sites is 2. The van der Waals surface area contributed by atoms with Crippen LogP contribution in [-0.2, 0) is 27.2 Å². The molecule has 0 fully saturated rings. The Morgan fingerprint density at radius 2 is 1.70 bits per heavy atom. The third-order valence-electron chi connectivity index (χ3n) is 5.67. The Balaban J connectivity index is 1.44. The van der Waals surface area contributed by atoms with Crippen molar-refractivity contribution < 1.29 is 32.3 Å². The summed E-state index contributed by atoms with van der Waals surface area (Å²) in [4.78, 5) is 44.8. The molecule has 0 aliphatic carbocycles. The Kier molecular flexibility index (Phi) is 9.13. The summed E-state index contributed by atoms with van der Waals surface area (Å²) < 4.78 is 41.7. The maximum atomic E-state index is 13.3. The van der Waals surface area contributed by atoms with Gasteiger partial charge in [0.25, 0.3) is 0 Å². The lowest BCUT2D eigenvalue weighted by atomic mass is 10.0. The fraction of sp³-hybridized carbons (Fsp3) is 0.185. The molecule has 0 aliphatic heterocycles. The lowest BCUT2D eigenvalue weighted by molar-refractivity contribution is -0.189. The number of amides is 1. The van der Waals surface area contributed by atoms with Crippen molar-refractivity contribution in [3.63, 3.8) is 0 Å². The number of nitrogens with zero attached hydrogens (tertiary/aromatic N) is 1. The lowest BCUT2D eigenvalue weighted by Gasteiger charge is -2.20. The largest absolute Gasteiger partial charge is 0.491 e. The highest BCUT2D eigenvalue weighted by Crippen LogP contribution is 2.29. The molecule has 2 atom stereocenters. The molecule has 0 spiro atoms. The van der Waals surface area contributed by atoms with Crippen molar-refractivity contribution in [2.45, 2.75) is 36.3 Å². The van der Waals surface area contributed by atoms with E-state index in [0.717, 1.165) is 28.9 Å². The third-order valence-corrected chi connectivity index (χ3v) is 6.84. The van der Waals surface area contributed by atoms with Crippen LogP contribution in [0.4, 0.5) is 13.2 Å². The van der Waals surface area contributed by atoms with E-state index < -0.39 is 35.9 Å². The van der Waals surface area contributed by atoms with E-state index in [2.05, 4.69) is 20.0 Å². The molecule has 4 N–H and O–H groups in total. The first kappa shape index (κ1) is 29.1. The third kappa shape index (κ3) is 7.62. The molecule has 0 aliphatic rings. The second kappa shape index (κ2) is 12.5. The monoisotopic (exact) mass is 590 g/mol. The van der Waals surface area contributed by atoms with E-state index in [9.17, 15) is 27.6 Å². The maximum Gasteiger partial charge on any atom is 0.491 e. The Labute approximate surface area is 235 Å². The van der Waals surface area contributed by atoms with Gasteiger partial charge in [-0.2, -0.15) is 13.2 Å². The molecule has 208 valence electrons. The van der Waals surface area contributed by atoms with E-state index in [4.69, 9.17) is 17.3 Å². The molecular weight excluding hydrogens is 569 g/mol. The van der Waals surface area contributed by atoms with Crippen molar-refractivity contribution in [1.82, 2.24) is 15.3 Å². The number of fused-ring (bicyclic) bond motifs is 1. The highest BCUT2D eigenvalue weighted by Gasteiger charge is 2.41. The number of carbonyl (C=O) groups is 3. The van der Waals surface area contributed by atoms with E-state index in [1.807, 2.05) is 54.6 Å². The number of esters is 1.